The Morgan fingerprint density at radius 1 is 1.00 bits per heavy atom. The first kappa shape index (κ1) is 34.1. The molecule has 0 aliphatic carbocycles. The van der Waals surface area contributed by atoms with Crippen LogP contribution in [0, 0.1) is 10.1 Å². The van der Waals surface area contributed by atoms with Gasteiger partial charge in [0.2, 0.25) is 0 Å². The quantitative estimate of drug-likeness (QED) is 0.0875. The fourth-order valence-corrected chi connectivity index (χ4v) is 6.78. The molecule has 0 fully saturated rings. The third-order valence-electron chi connectivity index (χ3n) is 8.34. The maximum absolute atomic E-state index is 14.5. The number of rotatable bonds is 11. The fraction of sp³-hybridized carbons (Fsp3) is 0.205. The van der Waals surface area contributed by atoms with Gasteiger partial charge in [-0.25, -0.2) is 9.79 Å². The first-order chi connectivity index (χ1) is 24.2. The predicted molar refractivity (Wildman–Crippen MR) is 192 cm³/mol. The Kier molecular flexibility index (Phi) is 10.1. The fourth-order valence-electron chi connectivity index (χ4n) is 5.79. The average Bonchev–Trinajstić information content (AvgIpc) is 3.44. The zero-order valence-electron chi connectivity index (χ0n) is 28.0. The summed E-state index contributed by atoms with van der Waals surface area (Å²) in [5.74, 6) is 0.604. The molecule has 0 unspecified atom stereocenters. The monoisotopic (exact) mass is 689 g/mol. The molecule has 1 atom stereocenters. The lowest BCUT2D eigenvalue weighted by Gasteiger charge is -2.26. The van der Waals surface area contributed by atoms with E-state index in [-0.39, 0.29) is 30.0 Å². The molecule has 11 heteroatoms. The maximum atomic E-state index is 14.5. The molecule has 2 heterocycles. The van der Waals surface area contributed by atoms with Crippen molar-refractivity contribution in [1.29, 1.82) is 0 Å². The van der Waals surface area contributed by atoms with Crippen LogP contribution in [-0.2, 0) is 16.1 Å². The number of benzene rings is 4. The highest BCUT2D eigenvalue weighted by molar-refractivity contribution is 7.07. The summed E-state index contributed by atoms with van der Waals surface area (Å²) < 4.78 is 19.3. The van der Waals surface area contributed by atoms with E-state index >= 15 is 0 Å². The Morgan fingerprint density at radius 3 is 2.36 bits per heavy atom. The van der Waals surface area contributed by atoms with Gasteiger partial charge in [0.05, 0.1) is 40.5 Å². The Bertz CT molecular complexity index is 2260. The molecule has 10 nitrogen and oxygen atoms in total. The topological polar surface area (TPSA) is 122 Å². The van der Waals surface area contributed by atoms with Crippen LogP contribution in [0.5, 0.6) is 11.5 Å². The molecule has 6 rings (SSSR count). The van der Waals surface area contributed by atoms with Crippen molar-refractivity contribution in [3.63, 3.8) is 0 Å². The van der Waals surface area contributed by atoms with E-state index in [4.69, 9.17) is 19.2 Å². The van der Waals surface area contributed by atoms with Crippen molar-refractivity contribution >= 4 is 34.8 Å². The Balaban J connectivity index is 1.52. The number of methoxy groups -OCH3 is 1. The van der Waals surface area contributed by atoms with E-state index < -0.39 is 16.9 Å². The normalized spacial score (nSPS) is 14.3. The number of hydrogen-bond acceptors (Lipinski definition) is 9. The molecule has 1 aromatic heterocycles. The molecular formula is C39H35N3O7S. The van der Waals surface area contributed by atoms with Crippen molar-refractivity contribution in [1.82, 2.24) is 4.57 Å². The number of ether oxygens (including phenoxy) is 3. The number of nitro benzene ring substituents is 1. The summed E-state index contributed by atoms with van der Waals surface area (Å²) in [6.45, 7) is 6.23. The number of nitro groups is 1. The first-order valence-electron chi connectivity index (χ1n) is 16.1. The third-order valence-corrected chi connectivity index (χ3v) is 9.32. The van der Waals surface area contributed by atoms with Crippen molar-refractivity contribution in [2.45, 2.75) is 39.3 Å². The number of thiazole rings is 1. The Hall–Kier alpha value is -5.81. The van der Waals surface area contributed by atoms with E-state index in [0.29, 0.717) is 38.0 Å². The summed E-state index contributed by atoms with van der Waals surface area (Å²) in [7, 11) is 1.53. The van der Waals surface area contributed by atoms with Gasteiger partial charge < -0.3 is 14.2 Å². The lowest BCUT2D eigenvalue weighted by atomic mass is 9.91. The number of nitrogens with zero attached hydrogens (tertiary/aromatic N) is 3. The number of hydrogen-bond donors (Lipinski definition) is 0. The SMILES string of the molecule is CCOC(=O)C1=C(c2ccccc2)N=c2s/c(=C\c3cccc(OC)c3OCc3ccc([N+](=O)[O-])cc3)c(=O)n2[C@@H]1c1ccc(C(C)C)cc1. The summed E-state index contributed by atoms with van der Waals surface area (Å²) in [6, 6.07) is 28.0. The highest BCUT2D eigenvalue weighted by atomic mass is 32.1. The lowest BCUT2D eigenvalue weighted by molar-refractivity contribution is -0.384. The average molecular weight is 690 g/mol. The number of para-hydroxylation sites is 1. The molecule has 254 valence electrons. The van der Waals surface area contributed by atoms with Gasteiger partial charge in [0.25, 0.3) is 11.2 Å². The van der Waals surface area contributed by atoms with E-state index in [0.717, 1.165) is 22.3 Å². The smallest absolute Gasteiger partial charge is 0.338 e. The molecule has 0 bridgehead atoms. The standard InChI is InChI=1S/C39H35N3O7S/c1-5-48-38(44)33-34(27-10-7-6-8-11-27)40-39-41(35(33)28-18-16-26(17-19-28)24(2)3)37(43)32(50-39)22-29-12-9-13-31(47-4)36(29)49-23-25-14-20-30(21-15-25)42(45)46/h6-22,24,35H,5,23H2,1-4H3/b32-22-/t35-/m1/s1. The third kappa shape index (κ3) is 6.85. The van der Waals surface area contributed by atoms with E-state index in [2.05, 4.69) is 13.8 Å². The lowest BCUT2D eigenvalue weighted by Crippen LogP contribution is -2.40. The van der Waals surface area contributed by atoms with Gasteiger partial charge in [-0.15, -0.1) is 0 Å². The number of aromatic nitrogens is 1. The van der Waals surface area contributed by atoms with Crippen LogP contribution in [0.4, 0.5) is 5.69 Å². The second kappa shape index (κ2) is 14.8. The second-order valence-electron chi connectivity index (χ2n) is 11.8. The van der Waals surface area contributed by atoms with E-state index in [1.807, 2.05) is 60.7 Å². The molecule has 50 heavy (non-hydrogen) atoms. The Labute approximate surface area is 292 Å². The molecular weight excluding hydrogens is 655 g/mol. The minimum atomic E-state index is -0.799. The molecule has 0 saturated carbocycles. The van der Waals surface area contributed by atoms with E-state index in [1.54, 1.807) is 41.8 Å². The molecule has 0 N–H and O–H groups in total. The van der Waals surface area contributed by atoms with Crippen LogP contribution in [0.3, 0.4) is 0 Å². The van der Waals surface area contributed by atoms with Gasteiger partial charge in [-0.1, -0.05) is 91.9 Å². The maximum Gasteiger partial charge on any atom is 0.338 e. The molecule has 4 aromatic carbocycles. The van der Waals surface area contributed by atoms with Gasteiger partial charge in [-0.05, 0) is 53.8 Å². The van der Waals surface area contributed by atoms with Gasteiger partial charge in [-0.2, -0.15) is 0 Å². The van der Waals surface area contributed by atoms with Gasteiger partial charge in [-0.3, -0.25) is 19.5 Å². The van der Waals surface area contributed by atoms with Crippen LogP contribution in [0.15, 0.2) is 112 Å². The highest BCUT2D eigenvalue weighted by Gasteiger charge is 2.35. The summed E-state index contributed by atoms with van der Waals surface area (Å²) in [4.78, 5) is 44.3. The number of carbonyl (C=O) groups is 1. The summed E-state index contributed by atoms with van der Waals surface area (Å²) >= 11 is 1.21. The number of fused-ring (bicyclic) bond motifs is 1. The summed E-state index contributed by atoms with van der Waals surface area (Å²) in [5.41, 5.74) is 4.30. The van der Waals surface area contributed by atoms with Crippen molar-refractivity contribution < 1.29 is 23.9 Å². The zero-order valence-corrected chi connectivity index (χ0v) is 28.8. The van der Waals surface area contributed by atoms with Crippen LogP contribution < -0.4 is 24.4 Å². The minimum Gasteiger partial charge on any atom is -0.493 e. The highest BCUT2D eigenvalue weighted by Crippen LogP contribution is 2.36. The van der Waals surface area contributed by atoms with Gasteiger partial charge in [0, 0.05) is 23.3 Å². The zero-order chi connectivity index (χ0) is 35.4. The van der Waals surface area contributed by atoms with E-state index in [1.165, 1.54) is 30.6 Å². The first-order valence-corrected chi connectivity index (χ1v) is 16.9. The largest absolute Gasteiger partial charge is 0.493 e. The van der Waals surface area contributed by atoms with Gasteiger partial charge in [0.15, 0.2) is 16.3 Å². The van der Waals surface area contributed by atoms with Crippen LogP contribution in [0.2, 0.25) is 0 Å². The summed E-state index contributed by atoms with van der Waals surface area (Å²) in [5, 5.41) is 11.1. The van der Waals surface area contributed by atoms with Crippen LogP contribution in [-0.4, -0.2) is 29.2 Å². The van der Waals surface area contributed by atoms with Crippen molar-refractivity contribution in [3.05, 3.63) is 160 Å². The van der Waals surface area contributed by atoms with Crippen molar-refractivity contribution in [2.24, 2.45) is 4.99 Å². The number of carbonyl (C=O) groups excluding carboxylic acids is 1. The number of esters is 1. The van der Waals surface area contributed by atoms with E-state index in [9.17, 15) is 19.7 Å². The molecule has 1 aliphatic heterocycles. The van der Waals surface area contributed by atoms with Crippen molar-refractivity contribution in [3.8, 4) is 11.5 Å². The molecule has 0 amide bonds. The molecule has 0 saturated heterocycles. The Morgan fingerprint density at radius 2 is 1.72 bits per heavy atom. The van der Waals surface area contributed by atoms with Crippen LogP contribution in [0.25, 0.3) is 11.8 Å². The predicted octanol–water partition coefficient (Wildman–Crippen LogP) is 6.55. The molecule has 5 aromatic rings. The summed E-state index contributed by atoms with van der Waals surface area (Å²) in [6.07, 6.45) is 1.73. The molecule has 1 aliphatic rings. The van der Waals surface area contributed by atoms with Crippen LogP contribution in [0.1, 0.15) is 60.5 Å². The number of non-ortho nitro benzene ring substituents is 1. The second-order valence-corrected chi connectivity index (χ2v) is 12.9. The molecule has 0 spiro atoms. The van der Waals surface area contributed by atoms with Gasteiger partial charge >= 0.3 is 5.97 Å². The van der Waals surface area contributed by atoms with Crippen molar-refractivity contribution in [2.75, 3.05) is 13.7 Å². The molecule has 0 radical (unpaired) electrons. The van der Waals surface area contributed by atoms with Crippen LogP contribution >= 0.6 is 11.3 Å². The minimum absolute atomic E-state index is 0.0159. The van der Waals surface area contributed by atoms with Gasteiger partial charge in [0.1, 0.15) is 6.61 Å².